The highest BCUT2D eigenvalue weighted by Gasteiger charge is 2.43. The summed E-state index contributed by atoms with van der Waals surface area (Å²) < 4.78 is 0. The molecular formula is C28H28Cl2N2O2. The van der Waals surface area contributed by atoms with E-state index in [4.69, 9.17) is 23.2 Å². The van der Waals surface area contributed by atoms with E-state index in [0.29, 0.717) is 48.0 Å². The quantitative estimate of drug-likeness (QED) is 0.513. The van der Waals surface area contributed by atoms with Gasteiger partial charge in [-0.25, -0.2) is 0 Å². The summed E-state index contributed by atoms with van der Waals surface area (Å²) in [6, 6.07) is 13.4. The second-order valence-electron chi connectivity index (χ2n) is 9.27. The second-order valence-corrected chi connectivity index (χ2v) is 10.1. The maximum absolute atomic E-state index is 13.0. The molecule has 34 heavy (non-hydrogen) atoms. The van der Waals surface area contributed by atoms with Gasteiger partial charge in [0.15, 0.2) is 0 Å². The van der Waals surface area contributed by atoms with Crippen LogP contribution < -0.4 is 0 Å². The lowest BCUT2D eigenvalue weighted by atomic mass is 9.92. The van der Waals surface area contributed by atoms with Crippen molar-refractivity contribution in [3.05, 3.63) is 81.4 Å². The summed E-state index contributed by atoms with van der Waals surface area (Å²) >= 11 is 12.9. The standard InChI is InChI=1S/C28H28Cl2N2O2/c1-2-19-5-8-25(29)24(13-19)15-23(21-6-7-22(17-31)26(30)16-21)14-20-9-12-32(18-20)27(33)28(34)10-3-4-11-28/h2,5-8,13-14,16,20,34H,1,3-4,9-12,15,18H2/b23-14+/t20-/m1/s1. The molecule has 1 aliphatic carbocycles. The van der Waals surface area contributed by atoms with E-state index in [9.17, 15) is 15.2 Å². The van der Waals surface area contributed by atoms with Crippen molar-refractivity contribution in [2.75, 3.05) is 13.1 Å². The van der Waals surface area contributed by atoms with Crippen molar-refractivity contribution in [2.45, 2.75) is 44.1 Å². The van der Waals surface area contributed by atoms with E-state index in [1.165, 1.54) is 0 Å². The number of aliphatic hydroxyl groups is 1. The molecule has 0 radical (unpaired) electrons. The lowest BCUT2D eigenvalue weighted by molar-refractivity contribution is -0.149. The SMILES string of the molecule is C=Cc1ccc(Cl)c(C/C(=C\[C@H]2CCN(C(=O)C3(O)CCCC3)C2)c2ccc(C#N)c(Cl)c2)c1. The number of amides is 1. The Morgan fingerprint density at radius 3 is 2.65 bits per heavy atom. The third-order valence-corrected chi connectivity index (χ3v) is 7.61. The molecule has 2 aliphatic rings. The van der Waals surface area contributed by atoms with Gasteiger partial charge in [0.2, 0.25) is 0 Å². The Labute approximate surface area is 211 Å². The zero-order chi connectivity index (χ0) is 24.3. The molecule has 1 aliphatic heterocycles. The monoisotopic (exact) mass is 494 g/mol. The van der Waals surface area contributed by atoms with Crippen molar-refractivity contribution >= 4 is 40.8 Å². The van der Waals surface area contributed by atoms with Gasteiger partial charge in [-0.2, -0.15) is 5.26 Å². The molecular weight excluding hydrogens is 467 g/mol. The maximum atomic E-state index is 13.0. The molecule has 2 aromatic carbocycles. The Balaban J connectivity index is 1.63. The van der Waals surface area contributed by atoms with E-state index < -0.39 is 5.60 Å². The van der Waals surface area contributed by atoms with Crippen LogP contribution in [0.15, 0.2) is 49.1 Å². The van der Waals surface area contributed by atoms with Crippen LogP contribution in [0.25, 0.3) is 11.6 Å². The largest absolute Gasteiger partial charge is 0.380 e. The number of carbonyl (C=O) groups is 1. The zero-order valence-corrected chi connectivity index (χ0v) is 20.6. The lowest BCUT2D eigenvalue weighted by Crippen LogP contribution is -2.46. The van der Waals surface area contributed by atoms with Gasteiger partial charge in [0, 0.05) is 18.1 Å². The smallest absolute Gasteiger partial charge is 0.254 e. The minimum atomic E-state index is -1.19. The normalized spacial score (nSPS) is 19.8. The van der Waals surface area contributed by atoms with E-state index in [0.717, 1.165) is 41.5 Å². The highest BCUT2D eigenvalue weighted by Crippen LogP contribution is 2.35. The number of nitrogens with zero attached hydrogens (tertiary/aromatic N) is 2. The van der Waals surface area contributed by atoms with E-state index in [1.54, 1.807) is 17.0 Å². The summed E-state index contributed by atoms with van der Waals surface area (Å²) in [5.41, 5.74) is 3.15. The van der Waals surface area contributed by atoms with Crippen molar-refractivity contribution in [1.29, 1.82) is 5.26 Å². The minimum absolute atomic E-state index is 0.134. The van der Waals surface area contributed by atoms with Crippen LogP contribution in [0.5, 0.6) is 0 Å². The van der Waals surface area contributed by atoms with Gasteiger partial charge in [0.1, 0.15) is 11.7 Å². The molecule has 0 unspecified atom stereocenters. The van der Waals surface area contributed by atoms with Crippen LogP contribution in [0.2, 0.25) is 10.0 Å². The van der Waals surface area contributed by atoms with E-state index in [2.05, 4.69) is 18.7 Å². The first-order valence-electron chi connectivity index (χ1n) is 11.7. The molecule has 1 N–H and O–H groups in total. The van der Waals surface area contributed by atoms with Crippen molar-refractivity contribution < 1.29 is 9.90 Å². The average Bonchev–Trinajstić information content (AvgIpc) is 3.49. The number of carbonyl (C=O) groups excluding carboxylic acids is 1. The van der Waals surface area contributed by atoms with Gasteiger partial charge in [-0.1, -0.05) is 54.1 Å². The highest BCUT2D eigenvalue weighted by atomic mass is 35.5. The number of benzene rings is 2. The third kappa shape index (κ3) is 5.23. The van der Waals surface area contributed by atoms with Crippen molar-refractivity contribution in [3.8, 4) is 6.07 Å². The Hall–Kier alpha value is -2.58. The molecule has 1 atom stereocenters. The summed E-state index contributed by atoms with van der Waals surface area (Å²) in [5.74, 6) is 0.0188. The van der Waals surface area contributed by atoms with Gasteiger partial charge in [-0.15, -0.1) is 0 Å². The molecule has 1 amide bonds. The maximum Gasteiger partial charge on any atom is 0.254 e. The summed E-state index contributed by atoms with van der Waals surface area (Å²) in [5, 5.41) is 21.1. The summed E-state index contributed by atoms with van der Waals surface area (Å²) in [4.78, 5) is 14.8. The molecule has 1 saturated heterocycles. The Morgan fingerprint density at radius 1 is 1.21 bits per heavy atom. The number of hydrogen-bond donors (Lipinski definition) is 1. The van der Waals surface area contributed by atoms with Gasteiger partial charge in [0.05, 0.1) is 10.6 Å². The molecule has 4 rings (SSSR count). The van der Waals surface area contributed by atoms with Gasteiger partial charge in [-0.3, -0.25) is 4.79 Å². The third-order valence-electron chi connectivity index (χ3n) is 6.92. The first-order chi connectivity index (χ1) is 16.3. The molecule has 1 heterocycles. The molecule has 6 heteroatoms. The molecule has 0 bridgehead atoms. The fraction of sp³-hybridized carbons (Fsp3) is 0.357. The van der Waals surface area contributed by atoms with Gasteiger partial charge in [-0.05, 0) is 91.0 Å². The summed E-state index contributed by atoms with van der Waals surface area (Å²) in [6.07, 6.45) is 8.29. The second kappa shape index (κ2) is 10.4. The van der Waals surface area contributed by atoms with Gasteiger partial charge < -0.3 is 10.0 Å². The number of allylic oxidation sites excluding steroid dienone is 1. The molecule has 1 saturated carbocycles. The van der Waals surface area contributed by atoms with Crippen LogP contribution in [-0.2, 0) is 11.2 Å². The van der Waals surface area contributed by atoms with Crippen molar-refractivity contribution in [2.24, 2.45) is 5.92 Å². The predicted octanol–water partition coefficient (Wildman–Crippen LogP) is 6.29. The minimum Gasteiger partial charge on any atom is -0.380 e. The molecule has 2 fully saturated rings. The van der Waals surface area contributed by atoms with Crippen LogP contribution in [0.4, 0.5) is 0 Å². The number of hydrogen-bond acceptors (Lipinski definition) is 3. The first-order valence-corrected chi connectivity index (χ1v) is 12.4. The average molecular weight is 495 g/mol. The Bertz CT molecular complexity index is 1180. The predicted molar refractivity (Wildman–Crippen MR) is 137 cm³/mol. The first kappa shape index (κ1) is 24.5. The topological polar surface area (TPSA) is 64.3 Å². The number of nitriles is 1. The number of likely N-dealkylation sites (tertiary alicyclic amines) is 1. The van der Waals surface area contributed by atoms with Crippen LogP contribution in [0.1, 0.15) is 54.4 Å². The Morgan fingerprint density at radius 2 is 1.97 bits per heavy atom. The van der Waals surface area contributed by atoms with E-state index in [1.807, 2.05) is 30.3 Å². The summed E-state index contributed by atoms with van der Waals surface area (Å²) in [6.45, 7) is 5.07. The van der Waals surface area contributed by atoms with Crippen LogP contribution in [0, 0.1) is 17.2 Å². The van der Waals surface area contributed by atoms with Crippen LogP contribution >= 0.6 is 23.2 Å². The fourth-order valence-corrected chi connectivity index (χ4v) is 5.39. The molecule has 2 aromatic rings. The molecule has 0 spiro atoms. The van der Waals surface area contributed by atoms with Crippen molar-refractivity contribution in [1.82, 2.24) is 4.90 Å². The Kier molecular flexibility index (Phi) is 7.48. The van der Waals surface area contributed by atoms with Crippen LogP contribution in [-0.4, -0.2) is 34.6 Å². The molecule has 4 nitrogen and oxygen atoms in total. The molecule has 0 aromatic heterocycles. The zero-order valence-electron chi connectivity index (χ0n) is 19.1. The number of halogens is 2. The van der Waals surface area contributed by atoms with E-state index >= 15 is 0 Å². The number of rotatable bonds is 6. The summed E-state index contributed by atoms with van der Waals surface area (Å²) in [7, 11) is 0. The lowest BCUT2D eigenvalue weighted by Gasteiger charge is -2.27. The van der Waals surface area contributed by atoms with Gasteiger partial charge in [0.25, 0.3) is 5.91 Å². The molecule has 176 valence electrons. The fourth-order valence-electron chi connectivity index (χ4n) is 4.99. The highest BCUT2D eigenvalue weighted by molar-refractivity contribution is 6.32. The van der Waals surface area contributed by atoms with E-state index in [-0.39, 0.29) is 11.8 Å². The van der Waals surface area contributed by atoms with Crippen LogP contribution in [0.3, 0.4) is 0 Å². The van der Waals surface area contributed by atoms with Gasteiger partial charge >= 0.3 is 0 Å². The van der Waals surface area contributed by atoms with Crippen molar-refractivity contribution in [3.63, 3.8) is 0 Å².